The number of carbonyl (C=O) groups excluding carboxylic acids is 1. The highest BCUT2D eigenvalue weighted by molar-refractivity contribution is 5.97. The Hall–Kier alpha value is -1.58. The number of benzene rings is 1. The predicted octanol–water partition coefficient (Wildman–Crippen LogP) is 1.97. The van der Waals surface area contributed by atoms with E-state index in [1.165, 1.54) is 19.2 Å². The van der Waals surface area contributed by atoms with E-state index in [1.807, 2.05) is 13.8 Å². The van der Waals surface area contributed by atoms with Crippen molar-refractivity contribution < 1.29 is 13.9 Å². The van der Waals surface area contributed by atoms with E-state index < -0.39 is 11.7 Å². The average Bonchev–Trinajstić information content (AvgIpc) is 2.15. The second kappa shape index (κ2) is 4.77. The number of hydrogen-bond donors (Lipinski definition) is 1. The van der Waals surface area contributed by atoms with Gasteiger partial charge in [0.15, 0.2) is 0 Å². The summed E-state index contributed by atoms with van der Waals surface area (Å²) in [5.41, 5.74) is -0.0475. The summed E-state index contributed by atoms with van der Waals surface area (Å²) in [4.78, 5) is 11.6. The van der Waals surface area contributed by atoms with Crippen LogP contribution in [0.25, 0.3) is 0 Å². The lowest BCUT2D eigenvalue weighted by Gasteiger charge is -2.11. The summed E-state index contributed by atoms with van der Waals surface area (Å²) in [5, 5.41) is 2.62. The van der Waals surface area contributed by atoms with Crippen LogP contribution >= 0.6 is 0 Å². The monoisotopic (exact) mass is 211 g/mol. The van der Waals surface area contributed by atoms with Gasteiger partial charge in [0, 0.05) is 6.04 Å². The Morgan fingerprint density at radius 1 is 1.47 bits per heavy atom. The molecule has 15 heavy (non-hydrogen) atoms. The second-order valence-electron chi connectivity index (χ2n) is 3.45. The molecule has 0 saturated carbocycles. The molecule has 0 aliphatic carbocycles. The highest BCUT2D eigenvalue weighted by Gasteiger charge is 2.17. The minimum atomic E-state index is -0.576. The maximum Gasteiger partial charge on any atom is 0.258 e. The molecule has 1 amide bonds. The van der Waals surface area contributed by atoms with Crippen molar-refractivity contribution in [2.45, 2.75) is 19.9 Å². The van der Waals surface area contributed by atoms with E-state index in [1.54, 1.807) is 6.07 Å². The quantitative estimate of drug-likeness (QED) is 0.830. The molecule has 0 radical (unpaired) electrons. The molecular weight excluding hydrogens is 197 g/mol. The van der Waals surface area contributed by atoms with Crippen molar-refractivity contribution in [3.8, 4) is 5.75 Å². The smallest absolute Gasteiger partial charge is 0.258 e. The molecule has 0 spiro atoms. The van der Waals surface area contributed by atoms with E-state index in [4.69, 9.17) is 4.74 Å². The molecule has 0 bridgehead atoms. The fourth-order valence-electron chi connectivity index (χ4n) is 1.23. The van der Waals surface area contributed by atoms with E-state index in [2.05, 4.69) is 5.32 Å². The Morgan fingerprint density at radius 3 is 2.67 bits per heavy atom. The van der Waals surface area contributed by atoms with E-state index >= 15 is 0 Å². The summed E-state index contributed by atoms with van der Waals surface area (Å²) in [6.45, 7) is 3.62. The van der Waals surface area contributed by atoms with Gasteiger partial charge in [0.25, 0.3) is 5.91 Å². The minimum absolute atomic E-state index is 0.0400. The highest BCUT2D eigenvalue weighted by Crippen LogP contribution is 2.20. The van der Waals surface area contributed by atoms with Crippen molar-refractivity contribution in [2.24, 2.45) is 0 Å². The molecule has 0 fully saturated rings. The second-order valence-corrected chi connectivity index (χ2v) is 3.45. The van der Waals surface area contributed by atoms with Crippen molar-refractivity contribution in [3.05, 3.63) is 29.6 Å². The van der Waals surface area contributed by atoms with E-state index in [0.717, 1.165) is 0 Å². The number of ether oxygens (including phenoxy) is 1. The molecule has 3 nitrogen and oxygen atoms in total. The summed E-state index contributed by atoms with van der Waals surface area (Å²) in [6, 6.07) is 4.25. The topological polar surface area (TPSA) is 38.3 Å². The first kappa shape index (κ1) is 11.5. The van der Waals surface area contributed by atoms with Gasteiger partial charge in [0.2, 0.25) is 0 Å². The minimum Gasteiger partial charge on any atom is -0.496 e. The average molecular weight is 211 g/mol. The molecule has 0 aliphatic heterocycles. The van der Waals surface area contributed by atoms with E-state index in [0.29, 0.717) is 0 Å². The SMILES string of the molecule is COc1cccc(F)c1C(=O)NC(C)C. The Bertz CT molecular complexity index is 364. The zero-order valence-corrected chi connectivity index (χ0v) is 9.00. The fourth-order valence-corrected chi connectivity index (χ4v) is 1.23. The van der Waals surface area contributed by atoms with Crippen molar-refractivity contribution in [1.82, 2.24) is 5.32 Å². The molecule has 4 heteroatoms. The maximum atomic E-state index is 13.4. The summed E-state index contributed by atoms with van der Waals surface area (Å²) in [5.74, 6) is -0.791. The summed E-state index contributed by atoms with van der Waals surface area (Å²) in [7, 11) is 1.40. The van der Waals surface area contributed by atoms with Gasteiger partial charge in [-0.2, -0.15) is 0 Å². The normalized spacial score (nSPS) is 10.2. The molecule has 1 aromatic carbocycles. The molecule has 0 aromatic heterocycles. The molecule has 0 heterocycles. The third-order valence-electron chi connectivity index (χ3n) is 1.84. The molecule has 1 N–H and O–H groups in total. The Balaban J connectivity index is 3.06. The largest absolute Gasteiger partial charge is 0.496 e. The summed E-state index contributed by atoms with van der Waals surface area (Å²) in [6.07, 6.45) is 0. The number of carbonyl (C=O) groups is 1. The van der Waals surface area contributed by atoms with Gasteiger partial charge in [-0.1, -0.05) is 6.07 Å². The third kappa shape index (κ3) is 2.68. The van der Waals surface area contributed by atoms with Crippen LogP contribution in [0.3, 0.4) is 0 Å². The molecule has 0 aliphatic rings. The van der Waals surface area contributed by atoms with Crippen LogP contribution in [-0.4, -0.2) is 19.1 Å². The number of rotatable bonds is 3. The molecule has 1 aromatic rings. The van der Waals surface area contributed by atoms with Crippen molar-refractivity contribution in [2.75, 3.05) is 7.11 Å². The number of methoxy groups -OCH3 is 1. The van der Waals surface area contributed by atoms with Crippen LogP contribution in [0.2, 0.25) is 0 Å². The predicted molar refractivity (Wildman–Crippen MR) is 55.6 cm³/mol. The number of halogens is 1. The van der Waals surface area contributed by atoms with Gasteiger partial charge in [0.05, 0.1) is 7.11 Å². The summed E-state index contributed by atoms with van der Waals surface area (Å²) < 4.78 is 18.3. The Morgan fingerprint density at radius 2 is 2.13 bits per heavy atom. The van der Waals surface area contributed by atoms with Crippen LogP contribution in [0.4, 0.5) is 4.39 Å². The first-order chi connectivity index (χ1) is 7.06. The van der Waals surface area contributed by atoms with Gasteiger partial charge in [0.1, 0.15) is 17.1 Å². The van der Waals surface area contributed by atoms with Crippen LogP contribution in [0.15, 0.2) is 18.2 Å². The molecular formula is C11H14FNO2. The standard InChI is InChI=1S/C11H14FNO2/c1-7(2)13-11(14)10-8(12)5-4-6-9(10)15-3/h4-7H,1-3H3,(H,13,14). The van der Waals surface area contributed by atoms with Crippen LogP contribution in [0.1, 0.15) is 24.2 Å². The lowest BCUT2D eigenvalue weighted by Crippen LogP contribution is -2.31. The van der Waals surface area contributed by atoms with E-state index in [-0.39, 0.29) is 17.4 Å². The van der Waals surface area contributed by atoms with Gasteiger partial charge >= 0.3 is 0 Å². The van der Waals surface area contributed by atoms with Gasteiger partial charge in [-0.15, -0.1) is 0 Å². The number of nitrogens with one attached hydrogen (secondary N) is 1. The van der Waals surface area contributed by atoms with Crippen LogP contribution < -0.4 is 10.1 Å². The zero-order chi connectivity index (χ0) is 11.4. The lowest BCUT2D eigenvalue weighted by molar-refractivity contribution is 0.0936. The van der Waals surface area contributed by atoms with Crippen molar-refractivity contribution >= 4 is 5.91 Å². The molecule has 0 unspecified atom stereocenters. The third-order valence-corrected chi connectivity index (χ3v) is 1.84. The fraction of sp³-hybridized carbons (Fsp3) is 0.364. The van der Waals surface area contributed by atoms with Gasteiger partial charge in [-0.05, 0) is 26.0 Å². The Kier molecular flexibility index (Phi) is 3.66. The van der Waals surface area contributed by atoms with Crippen molar-refractivity contribution in [1.29, 1.82) is 0 Å². The van der Waals surface area contributed by atoms with Crippen molar-refractivity contribution in [3.63, 3.8) is 0 Å². The van der Waals surface area contributed by atoms with Crippen LogP contribution in [0.5, 0.6) is 5.75 Å². The zero-order valence-electron chi connectivity index (χ0n) is 9.00. The summed E-state index contributed by atoms with van der Waals surface area (Å²) >= 11 is 0. The highest BCUT2D eigenvalue weighted by atomic mass is 19.1. The number of amides is 1. The molecule has 1 rings (SSSR count). The first-order valence-electron chi connectivity index (χ1n) is 4.69. The van der Waals surface area contributed by atoms with Crippen LogP contribution in [-0.2, 0) is 0 Å². The maximum absolute atomic E-state index is 13.4. The van der Waals surface area contributed by atoms with Gasteiger partial charge in [-0.3, -0.25) is 4.79 Å². The van der Waals surface area contributed by atoms with Gasteiger partial charge < -0.3 is 10.1 Å². The lowest BCUT2D eigenvalue weighted by atomic mass is 10.1. The molecule has 0 atom stereocenters. The number of hydrogen-bond acceptors (Lipinski definition) is 2. The van der Waals surface area contributed by atoms with Crippen LogP contribution in [0, 0.1) is 5.82 Å². The molecule has 82 valence electrons. The Labute approximate surface area is 88.2 Å². The van der Waals surface area contributed by atoms with Gasteiger partial charge in [-0.25, -0.2) is 4.39 Å². The molecule has 0 saturated heterocycles. The first-order valence-corrected chi connectivity index (χ1v) is 4.69. The van der Waals surface area contributed by atoms with E-state index in [9.17, 15) is 9.18 Å².